The van der Waals surface area contributed by atoms with E-state index in [0.29, 0.717) is 36.8 Å². The van der Waals surface area contributed by atoms with Gasteiger partial charge in [0.15, 0.2) is 5.13 Å². The highest BCUT2D eigenvalue weighted by Crippen LogP contribution is 2.30. The molecule has 174 valence electrons. The summed E-state index contributed by atoms with van der Waals surface area (Å²) in [4.78, 5) is 17.3. The molecule has 1 aliphatic rings. The summed E-state index contributed by atoms with van der Waals surface area (Å²) in [5, 5.41) is 3.27. The Hall–Kier alpha value is -3.27. The van der Waals surface area contributed by atoms with E-state index in [9.17, 15) is 13.2 Å². The van der Waals surface area contributed by atoms with Gasteiger partial charge in [0.2, 0.25) is 10.0 Å². The Morgan fingerprint density at radius 1 is 1.09 bits per heavy atom. The number of carbonyl (C=O) groups is 1. The molecule has 7 nitrogen and oxygen atoms in total. The molecule has 0 saturated heterocycles. The number of rotatable bonds is 6. The van der Waals surface area contributed by atoms with Crippen molar-refractivity contribution < 1.29 is 17.9 Å². The van der Waals surface area contributed by atoms with Gasteiger partial charge in [-0.2, -0.15) is 4.31 Å². The second kappa shape index (κ2) is 9.17. The Kier molecular flexibility index (Phi) is 6.07. The summed E-state index contributed by atoms with van der Waals surface area (Å²) in [6, 6.07) is 19.5. The van der Waals surface area contributed by atoms with Crippen molar-refractivity contribution in [2.45, 2.75) is 24.8 Å². The molecule has 0 unspecified atom stereocenters. The van der Waals surface area contributed by atoms with Crippen LogP contribution in [0.15, 0.2) is 71.6 Å². The van der Waals surface area contributed by atoms with E-state index in [4.69, 9.17) is 4.74 Å². The summed E-state index contributed by atoms with van der Waals surface area (Å²) in [6.07, 6.45) is 0.685. The number of ether oxygens (including phenoxy) is 1. The second-order valence-electron chi connectivity index (χ2n) is 7.92. The Morgan fingerprint density at radius 2 is 1.85 bits per heavy atom. The van der Waals surface area contributed by atoms with E-state index in [1.165, 1.54) is 45.5 Å². The third-order valence-corrected chi connectivity index (χ3v) is 8.53. The van der Waals surface area contributed by atoms with Crippen molar-refractivity contribution in [1.82, 2.24) is 9.29 Å². The maximum absolute atomic E-state index is 13.1. The highest BCUT2D eigenvalue weighted by molar-refractivity contribution is 7.89. The highest BCUT2D eigenvalue weighted by atomic mass is 32.2. The molecule has 2 heterocycles. The number of amides is 1. The number of benzene rings is 3. The van der Waals surface area contributed by atoms with Crippen molar-refractivity contribution in [3.05, 3.63) is 83.4 Å². The first-order valence-electron chi connectivity index (χ1n) is 11.0. The molecule has 1 aliphatic heterocycles. The number of aromatic nitrogens is 1. The molecule has 0 atom stereocenters. The van der Waals surface area contributed by atoms with Crippen LogP contribution in [-0.2, 0) is 23.0 Å². The van der Waals surface area contributed by atoms with Crippen LogP contribution in [0.25, 0.3) is 10.2 Å². The van der Waals surface area contributed by atoms with Gasteiger partial charge in [-0.1, -0.05) is 35.6 Å². The number of nitrogens with zero attached hydrogens (tertiary/aromatic N) is 2. The highest BCUT2D eigenvalue weighted by Gasteiger charge is 2.28. The molecule has 0 bridgehead atoms. The van der Waals surface area contributed by atoms with Crippen LogP contribution >= 0.6 is 11.3 Å². The zero-order chi connectivity index (χ0) is 23.7. The molecule has 3 aromatic carbocycles. The Labute approximate surface area is 202 Å². The molecule has 0 saturated carbocycles. The zero-order valence-electron chi connectivity index (χ0n) is 18.5. The van der Waals surface area contributed by atoms with Crippen molar-refractivity contribution in [2.75, 3.05) is 18.5 Å². The first-order chi connectivity index (χ1) is 16.4. The van der Waals surface area contributed by atoms with Crippen LogP contribution < -0.4 is 10.1 Å². The fraction of sp³-hybridized carbons (Fsp3) is 0.200. The lowest BCUT2D eigenvalue weighted by atomic mass is 10.0. The van der Waals surface area contributed by atoms with Crippen LogP contribution in [0.5, 0.6) is 5.75 Å². The van der Waals surface area contributed by atoms with Crippen LogP contribution in [0.1, 0.15) is 28.4 Å². The van der Waals surface area contributed by atoms with E-state index in [0.717, 1.165) is 21.5 Å². The van der Waals surface area contributed by atoms with E-state index in [1.54, 1.807) is 0 Å². The molecule has 0 spiro atoms. The number of hydrogen-bond acceptors (Lipinski definition) is 6. The Balaban J connectivity index is 1.30. The fourth-order valence-electron chi connectivity index (χ4n) is 3.99. The van der Waals surface area contributed by atoms with Crippen LogP contribution in [0, 0.1) is 0 Å². The summed E-state index contributed by atoms with van der Waals surface area (Å²) in [7, 11) is -3.65. The van der Waals surface area contributed by atoms with Crippen molar-refractivity contribution in [3.8, 4) is 5.75 Å². The minimum atomic E-state index is -3.65. The lowest BCUT2D eigenvalue weighted by molar-refractivity contribution is 0.102. The number of carbonyl (C=O) groups excluding carboxylic acids is 1. The normalized spacial score (nSPS) is 14.0. The number of anilines is 1. The van der Waals surface area contributed by atoms with E-state index in [1.807, 2.05) is 49.4 Å². The van der Waals surface area contributed by atoms with Gasteiger partial charge in [0.05, 0.1) is 21.7 Å². The van der Waals surface area contributed by atoms with Gasteiger partial charge in [0.25, 0.3) is 5.91 Å². The van der Waals surface area contributed by atoms with Crippen molar-refractivity contribution in [3.63, 3.8) is 0 Å². The van der Waals surface area contributed by atoms with Gasteiger partial charge in [-0.05, 0) is 66.9 Å². The van der Waals surface area contributed by atoms with Gasteiger partial charge < -0.3 is 4.74 Å². The van der Waals surface area contributed by atoms with Crippen LogP contribution in [0.2, 0.25) is 0 Å². The van der Waals surface area contributed by atoms with Crippen molar-refractivity contribution in [2.24, 2.45) is 0 Å². The summed E-state index contributed by atoms with van der Waals surface area (Å²) < 4.78 is 34.2. The first-order valence-corrected chi connectivity index (χ1v) is 13.2. The van der Waals surface area contributed by atoms with Gasteiger partial charge in [-0.3, -0.25) is 10.1 Å². The first kappa shape index (κ1) is 22.5. The van der Waals surface area contributed by atoms with Crippen molar-refractivity contribution >= 4 is 42.6 Å². The molecule has 34 heavy (non-hydrogen) atoms. The smallest absolute Gasteiger partial charge is 0.257 e. The van der Waals surface area contributed by atoms with Gasteiger partial charge in [0, 0.05) is 18.7 Å². The summed E-state index contributed by atoms with van der Waals surface area (Å²) in [5.41, 5.74) is 3.34. The molecular formula is C25H23N3O4S2. The van der Waals surface area contributed by atoms with E-state index >= 15 is 0 Å². The monoisotopic (exact) mass is 493 g/mol. The van der Waals surface area contributed by atoms with Crippen LogP contribution in [0.4, 0.5) is 5.13 Å². The molecule has 1 aromatic heterocycles. The summed E-state index contributed by atoms with van der Waals surface area (Å²) >= 11 is 1.36. The fourth-order valence-corrected chi connectivity index (χ4v) is 6.29. The van der Waals surface area contributed by atoms with Gasteiger partial charge in [-0.25, -0.2) is 13.4 Å². The van der Waals surface area contributed by atoms with E-state index < -0.39 is 10.0 Å². The van der Waals surface area contributed by atoms with E-state index in [-0.39, 0.29) is 10.8 Å². The quantitative estimate of drug-likeness (QED) is 0.421. The predicted molar refractivity (Wildman–Crippen MR) is 133 cm³/mol. The average molecular weight is 494 g/mol. The minimum Gasteiger partial charge on any atom is -0.494 e. The number of fused-ring (bicyclic) bond motifs is 2. The second-order valence-corrected chi connectivity index (χ2v) is 10.9. The molecule has 0 aliphatic carbocycles. The molecule has 1 N–H and O–H groups in total. The largest absolute Gasteiger partial charge is 0.494 e. The number of thiazole rings is 1. The Morgan fingerprint density at radius 3 is 2.62 bits per heavy atom. The number of hydrogen-bond donors (Lipinski definition) is 1. The number of sulfonamides is 1. The molecular weight excluding hydrogens is 470 g/mol. The summed E-state index contributed by atoms with van der Waals surface area (Å²) in [6.45, 7) is 3.28. The third-order valence-electron chi connectivity index (χ3n) is 5.74. The van der Waals surface area contributed by atoms with Gasteiger partial charge >= 0.3 is 0 Å². The summed E-state index contributed by atoms with van der Waals surface area (Å²) in [5.74, 6) is 0.408. The SMILES string of the molecule is CCOc1ccc2nc(NC(=O)c3ccc(S(=O)(=O)N4CCc5ccccc5C4)cc3)sc2c1. The maximum atomic E-state index is 13.1. The van der Waals surface area contributed by atoms with Crippen LogP contribution in [-0.4, -0.2) is 36.8 Å². The Bertz CT molecular complexity index is 1460. The number of nitrogens with one attached hydrogen (secondary N) is 1. The topological polar surface area (TPSA) is 88.6 Å². The van der Waals surface area contributed by atoms with Crippen molar-refractivity contribution in [1.29, 1.82) is 0 Å². The molecule has 0 radical (unpaired) electrons. The van der Waals surface area contributed by atoms with Gasteiger partial charge in [-0.15, -0.1) is 0 Å². The zero-order valence-corrected chi connectivity index (χ0v) is 20.2. The molecule has 0 fully saturated rings. The molecule has 1 amide bonds. The molecule has 9 heteroatoms. The maximum Gasteiger partial charge on any atom is 0.257 e. The molecule has 5 rings (SSSR count). The average Bonchev–Trinajstić information content (AvgIpc) is 3.25. The lowest BCUT2D eigenvalue weighted by Crippen LogP contribution is -2.35. The minimum absolute atomic E-state index is 0.173. The van der Waals surface area contributed by atoms with Crippen LogP contribution in [0.3, 0.4) is 0 Å². The molecule has 4 aromatic rings. The lowest BCUT2D eigenvalue weighted by Gasteiger charge is -2.28. The third kappa shape index (κ3) is 4.42. The van der Waals surface area contributed by atoms with E-state index in [2.05, 4.69) is 10.3 Å². The van der Waals surface area contributed by atoms with Gasteiger partial charge in [0.1, 0.15) is 5.75 Å². The predicted octanol–water partition coefficient (Wildman–Crippen LogP) is 4.69. The standard InChI is InChI=1S/C25H23N3O4S2/c1-2-32-20-9-12-22-23(15-20)33-25(26-22)27-24(29)18-7-10-21(11-8-18)34(30,31)28-14-13-17-5-3-4-6-19(17)16-28/h3-12,15H,2,13-14,16H2,1H3,(H,26,27,29).